The Hall–Kier alpha value is -2.15. The molecule has 0 atom stereocenters. The van der Waals surface area contributed by atoms with Crippen LogP contribution in [-0.2, 0) is 23.1 Å². The lowest BCUT2D eigenvalue weighted by atomic mass is 10.0. The molecule has 1 aliphatic heterocycles. The van der Waals surface area contributed by atoms with Crippen molar-refractivity contribution in [3.05, 3.63) is 65.2 Å². The van der Waals surface area contributed by atoms with Crippen LogP contribution in [0.5, 0.6) is 5.75 Å². The van der Waals surface area contributed by atoms with Crippen molar-refractivity contribution in [2.75, 3.05) is 7.11 Å². The van der Waals surface area contributed by atoms with Crippen LogP contribution >= 0.6 is 0 Å². The van der Waals surface area contributed by atoms with Crippen LogP contribution in [-0.4, -0.2) is 27.9 Å². The molecule has 29 heavy (non-hydrogen) atoms. The zero-order valence-electron chi connectivity index (χ0n) is 17.6. The highest BCUT2D eigenvalue weighted by Crippen LogP contribution is 2.33. The highest BCUT2D eigenvalue weighted by molar-refractivity contribution is 7.89. The first-order valence-electron chi connectivity index (χ1n) is 9.81. The quantitative estimate of drug-likeness (QED) is 0.582. The average Bonchev–Trinajstić information content (AvgIpc) is 3.09. The minimum absolute atomic E-state index is 0.358. The molecule has 4 nitrogen and oxygen atoms in total. The smallest absolute Gasteiger partial charge is 0.243 e. The fraction of sp³-hybridized carbons (Fsp3) is 0.304. The van der Waals surface area contributed by atoms with E-state index >= 15 is 0 Å². The molecule has 0 fully saturated rings. The number of hydrogen-bond donors (Lipinski definition) is 0. The van der Waals surface area contributed by atoms with Crippen molar-refractivity contribution >= 4 is 34.1 Å². The van der Waals surface area contributed by atoms with Crippen molar-refractivity contribution in [1.29, 1.82) is 0 Å². The maximum absolute atomic E-state index is 13.3. The highest BCUT2D eigenvalue weighted by Gasteiger charge is 2.35. The van der Waals surface area contributed by atoms with E-state index < -0.39 is 18.1 Å². The number of ether oxygens (including phenoxy) is 1. The highest BCUT2D eigenvalue weighted by atomic mass is 32.2. The van der Waals surface area contributed by atoms with Crippen LogP contribution in [0.3, 0.4) is 0 Å². The van der Waals surface area contributed by atoms with Gasteiger partial charge in [-0.2, -0.15) is 4.31 Å². The standard InChI is InChI=1S/C23H27NO3SSi/c1-16-6-10-20(11-7-16)28(25,26)24-14-18-12-17-8-9-19(27-2)13-21(17)23(22(18)15-24)29(3,4)5/h6-13H,14-15H2,1-5H3. The summed E-state index contributed by atoms with van der Waals surface area (Å²) in [5.74, 6) is 0.832. The molecule has 1 aliphatic rings. The molecular formula is C23H27NO3SSi. The molecule has 0 saturated heterocycles. The Morgan fingerprint density at radius 3 is 2.28 bits per heavy atom. The number of sulfonamides is 1. The summed E-state index contributed by atoms with van der Waals surface area (Å²) < 4.78 is 33.6. The second-order valence-electron chi connectivity index (χ2n) is 8.81. The van der Waals surface area contributed by atoms with E-state index in [2.05, 4.69) is 37.8 Å². The summed E-state index contributed by atoms with van der Waals surface area (Å²) in [5.41, 5.74) is 3.35. The van der Waals surface area contributed by atoms with Gasteiger partial charge in [-0.05, 0) is 64.3 Å². The van der Waals surface area contributed by atoms with Crippen LogP contribution in [0.4, 0.5) is 0 Å². The van der Waals surface area contributed by atoms with E-state index in [-0.39, 0.29) is 0 Å². The topological polar surface area (TPSA) is 46.6 Å². The maximum Gasteiger partial charge on any atom is 0.243 e. The molecule has 0 N–H and O–H groups in total. The minimum atomic E-state index is -3.53. The van der Waals surface area contributed by atoms with Gasteiger partial charge in [0.15, 0.2) is 0 Å². The van der Waals surface area contributed by atoms with Gasteiger partial charge in [-0.1, -0.05) is 43.4 Å². The van der Waals surface area contributed by atoms with Gasteiger partial charge in [-0.15, -0.1) is 0 Å². The Morgan fingerprint density at radius 1 is 0.966 bits per heavy atom. The van der Waals surface area contributed by atoms with E-state index in [1.165, 1.54) is 16.1 Å². The van der Waals surface area contributed by atoms with Gasteiger partial charge >= 0.3 is 0 Å². The third kappa shape index (κ3) is 3.50. The first kappa shape index (κ1) is 20.1. The third-order valence-corrected chi connectivity index (χ3v) is 9.52. The number of rotatable bonds is 4. The second-order valence-corrected chi connectivity index (χ2v) is 15.8. The molecule has 152 valence electrons. The van der Waals surface area contributed by atoms with Crippen LogP contribution in [0, 0.1) is 6.92 Å². The van der Waals surface area contributed by atoms with E-state index in [4.69, 9.17) is 4.74 Å². The zero-order valence-corrected chi connectivity index (χ0v) is 19.4. The molecule has 0 aromatic heterocycles. The maximum atomic E-state index is 13.3. The van der Waals surface area contributed by atoms with E-state index in [1.807, 2.05) is 25.1 Å². The van der Waals surface area contributed by atoms with Gasteiger partial charge in [-0.3, -0.25) is 0 Å². The Bertz CT molecular complexity index is 1200. The van der Waals surface area contributed by atoms with Crippen LogP contribution in [0.15, 0.2) is 53.4 Å². The fourth-order valence-electron chi connectivity index (χ4n) is 4.23. The summed E-state index contributed by atoms with van der Waals surface area (Å²) >= 11 is 0. The SMILES string of the molecule is COc1ccc2cc3c(c([Si](C)(C)C)c2c1)CN(S(=O)(=O)c1ccc(C)cc1)C3. The normalized spacial score (nSPS) is 14.9. The Labute approximate surface area is 174 Å². The van der Waals surface area contributed by atoms with Gasteiger partial charge < -0.3 is 4.74 Å². The molecule has 0 bridgehead atoms. The molecule has 0 spiro atoms. The number of aryl methyl sites for hydroxylation is 1. The minimum Gasteiger partial charge on any atom is -0.497 e. The van der Waals surface area contributed by atoms with Gasteiger partial charge in [0, 0.05) is 13.1 Å². The first-order valence-corrected chi connectivity index (χ1v) is 14.7. The number of benzene rings is 3. The van der Waals surface area contributed by atoms with Crippen molar-refractivity contribution in [2.45, 2.75) is 44.5 Å². The zero-order chi connectivity index (χ0) is 21.0. The summed E-state index contributed by atoms with van der Waals surface area (Å²) in [6.07, 6.45) is 0. The molecule has 0 aliphatic carbocycles. The lowest BCUT2D eigenvalue weighted by Crippen LogP contribution is -2.41. The van der Waals surface area contributed by atoms with Crippen LogP contribution in [0.2, 0.25) is 19.6 Å². The second kappa shape index (κ2) is 6.97. The summed E-state index contributed by atoms with van der Waals surface area (Å²) in [6.45, 7) is 9.77. The number of nitrogens with zero attached hydrogens (tertiary/aromatic N) is 1. The van der Waals surface area contributed by atoms with Crippen molar-refractivity contribution in [2.24, 2.45) is 0 Å². The first-order chi connectivity index (χ1) is 13.6. The van der Waals surface area contributed by atoms with E-state index in [9.17, 15) is 8.42 Å². The largest absolute Gasteiger partial charge is 0.497 e. The molecule has 0 radical (unpaired) electrons. The Morgan fingerprint density at radius 2 is 1.66 bits per heavy atom. The predicted molar refractivity (Wildman–Crippen MR) is 121 cm³/mol. The van der Waals surface area contributed by atoms with Crippen LogP contribution in [0.25, 0.3) is 10.8 Å². The van der Waals surface area contributed by atoms with Gasteiger partial charge in [0.2, 0.25) is 10.0 Å². The third-order valence-electron chi connectivity index (χ3n) is 5.64. The van der Waals surface area contributed by atoms with E-state index in [1.54, 1.807) is 23.5 Å². The number of methoxy groups -OCH3 is 1. The summed E-state index contributed by atoms with van der Waals surface area (Å²) in [7, 11) is -3.60. The molecule has 0 amide bonds. The van der Waals surface area contributed by atoms with Crippen molar-refractivity contribution in [1.82, 2.24) is 4.31 Å². The van der Waals surface area contributed by atoms with Crippen molar-refractivity contribution in [3.8, 4) is 5.75 Å². The van der Waals surface area contributed by atoms with Gasteiger partial charge in [-0.25, -0.2) is 8.42 Å². The lowest BCUT2D eigenvalue weighted by molar-refractivity contribution is 0.415. The van der Waals surface area contributed by atoms with Gasteiger partial charge in [0.1, 0.15) is 5.75 Å². The van der Waals surface area contributed by atoms with E-state index in [0.717, 1.165) is 22.3 Å². The number of hydrogen-bond acceptors (Lipinski definition) is 3. The molecule has 3 aromatic rings. The summed E-state index contributed by atoms with van der Waals surface area (Å²) in [6, 6.07) is 15.4. The molecule has 3 aromatic carbocycles. The van der Waals surface area contributed by atoms with E-state index in [0.29, 0.717) is 18.0 Å². The molecular weight excluding hydrogens is 398 g/mol. The number of fused-ring (bicyclic) bond motifs is 2. The molecule has 0 saturated carbocycles. The molecule has 1 heterocycles. The van der Waals surface area contributed by atoms with Crippen LogP contribution < -0.4 is 9.92 Å². The van der Waals surface area contributed by atoms with Crippen molar-refractivity contribution in [3.63, 3.8) is 0 Å². The Kier molecular flexibility index (Phi) is 4.84. The average molecular weight is 426 g/mol. The Balaban J connectivity index is 1.85. The van der Waals surface area contributed by atoms with Gasteiger partial charge in [0.25, 0.3) is 0 Å². The molecule has 6 heteroatoms. The predicted octanol–water partition coefficient (Wildman–Crippen LogP) is 4.41. The fourth-order valence-corrected chi connectivity index (χ4v) is 7.79. The summed E-state index contributed by atoms with van der Waals surface area (Å²) in [4.78, 5) is 0.358. The van der Waals surface area contributed by atoms with Crippen molar-refractivity contribution < 1.29 is 13.2 Å². The lowest BCUT2D eigenvalue weighted by Gasteiger charge is -2.24. The molecule has 4 rings (SSSR count). The van der Waals surface area contributed by atoms with Gasteiger partial charge in [0.05, 0.1) is 20.1 Å². The monoisotopic (exact) mass is 425 g/mol. The summed E-state index contributed by atoms with van der Waals surface area (Å²) in [5, 5.41) is 3.68. The molecule has 0 unspecified atom stereocenters. The van der Waals surface area contributed by atoms with Crippen LogP contribution in [0.1, 0.15) is 16.7 Å².